The lowest BCUT2D eigenvalue weighted by Crippen LogP contribution is -2.40. The van der Waals surface area contributed by atoms with Crippen molar-refractivity contribution in [1.29, 1.82) is 0 Å². The van der Waals surface area contributed by atoms with Crippen LogP contribution in [0.2, 0.25) is 0 Å². The number of aromatic nitrogens is 3. The van der Waals surface area contributed by atoms with Gasteiger partial charge >= 0.3 is 6.09 Å². The Balaban J connectivity index is 1.38. The Kier molecular flexibility index (Phi) is 5.94. The van der Waals surface area contributed by atoms with Gasteiger partial charge in [0.15, 0.2) is 11.6 Å². The maximum Gasteiger partial charge on any atom is 0.407 e. The number of aromatic amines is 1. The van der Waals surface area contributed by atoms with E-state index in [2.05, 4.69) is 15.2 Å². The Bertz CT molecular complexity index is 1460. The van der Waals surface area contributed by atoms with Gasteiger partial charge < -0.3 is 24.7 Å². The maximum absolute atomic E-state index is 15.1. The first kappa shape index (κ1) is 23.8. The van der Waals surface area contributed by atoms with Gasteiger partial charge in [0.2, 0.25) is 0 Å². The summed E-state index contributed by atoms with van der Waals surface area (Å²) in [7, 11) is 1.46. The second-order valence-electron chi connectivity index (χ2n) is 10.2. The van der Waals surface area contributed by atoms with E-state index in [0.717, 1.165) is 35.4 Å². The number of ether oxygens (including phenoxy) is 2. The number of anilines is 1. The smallest absolute Gasteiger partial charge is 0.407 e. The zero-order chi connectivity index (χ0) is 25.6. The quantitative estimate of drug-likeness (QED) is 0.401. The van der Waals surface area contributed by atoms with Crippen molar-refractivity contribution in [1.82, 2.24) is 20.3 Å². The number of methoxy groups -OCH3 is 1. The monoisotopic (exact) mass is 491 g/mol. The third-order valence-corrected chi connectivity index (χ3v) is 6.19. The van der Waals surface area contributed by atoms with Crippen LogP contribution in [0.15, 0.2) is 36.4 Å². The highest BCUT2D eigenvalue weighted by molar-refractivity contribution is 5.90. The Morgan fingerprint density at radius 3 is 2.67 bits per heavy atom. The molecule has 1 aliphatic heterocycles. The van der Waals surface area contributed by atoms with Gasteiger partial charge in [-0.25, -0.2) is 19.2 Å². The molecule has 1 atom stereocenters. The number of carbonyl (C=O) groups excluding carboxylic acids is 1. The highest BCUT2D eigenvalue weighted by Gasteiger charge is 2.27. The van der Waals surface area contributed by atoms with Crippen LogP contribution in [-0.4, -0.2) is 52.9 Å². The highest BCUT2D eigenvalue weighted by atomic mass is 19.1. The molecule has 5 rings (SSSR count). The van der Waals surface area contributed by atoms with E-state index in [-0.39, 0.29) is 11.8 Å². The lowest BCUT2D eigenvalue weighted by molar-refractivity contribution is 0.0509. The summed E-state index contributed by atoms with van der Waals surface area (Å²) in [6.07, 6.45) is 0.403. The van der Waals surface area contributed by atoms with Gasteiger partial charge in [0, 0.05) is 29.7 Å². The number of hydrogen-bond donors (Lipinski definition) is 2. The van der Waals surface area contributed by atoms with Gasteiger partial charge in [-0.05, 0) is 70.5 Å². The number of nitrogens with zero attached hydrogens (tertiary/aromatic N) is 3. The van der Waals surface area contributed by atoms with E-state index in [4.69, 9.17) is 19.4 Å². The van der Waals surface area contributed by atoms with Crippen molar-refractivity contribution in [2.45, 2.75) is 45.8 Å². The van der Waals surface area contributed by atoms with Gasteiger partial charge in [0.1, 0.15) is 11.4 Å². The van der Waals surface area contributed by atoms with Crippen LogP contribution in [0.25, 0.3) is 33.2 Å². The summed E-state index contributed by atoms with van der Waals surface area (Å²) in [5, 5.41) is 3.70. The number of nitrogens with one attached hydrogen (secondary N) is 2. The number of H-pyrrole nitrogens is 1. The molecule has 1 unspecified atom stereocenters. The molecule has 9 heteroatoms. The summed E-state index contributed by atoms with van der Waals surface area (Å²) in [6, 6.07) is 11.3. The van der Waals surface area contributed by atoms with E-state index in [1.54, 1.807) is 0 Å². The van der Waals surface area contributed by atoms with Gasteiger partial charge in [-0.1, -0.05) is 0 Å². The van der Waals surface area contributed by atoms with Crippen LogP contribution in [0.4, 0.5) is 15.0 Å². The van der Waals surface area contributed by atoms with Crippen molar-refractivity contribution in [2.24, 2.45) is 0 Å². The van der Waals surface area contributed by atoms with Crippen molar-refractivity contribution in [3.05, 3.63) is 47.9 Å². The SMILES string of the molecule is COc1c(-c2ccc3nc(N4CCC(NC(=O)OC(C)(C)C)C4)ccc3n2)cc2cc(C)[nH]c2c1F. The predicted octanol–water partition coefficient (Wildman–Crippen LogP) is 5.34. The van der Waals surface area contributed by atoms with Crippen LogP contribution in [0.1, 0.15) is 32.9 Å². The molecule has 0 saturated carbocycles. The summed E-state index contributed by atoms with van der Waals surface area (Å²) in [5.74, 6) is 0.539. The zero-order valence-electron chi connectivity index (χ0n) is 21.1. The lowest BCUT2D eigenvalue weighted by atomic mass is 10.1. The number of hydrogen-bond acceptors (Lipinski definition) is 6. The number of carbonyl (C=O) groups is 1. The first-order valence-corrected chi connectivity index (χ1v) is 12.0. The minimum atomic E-state index is -0.532. The highest BCUT2D eigenvalue weighted by Crippen LogP contribution is 2.37. The fourth-order valence-corrected chi connectivity index (χ4v) is 4.63. The molecule has 4 aromatic rings. The molecule has 1 amide bonds. The van der Waals surface area contributed by atoms with Crippen molar-refractivity contribution in [2.75, 3.05) is 25.1 Å². The molecule has 0 radical (unpaired) electrons. The Hall–Kier alpha value is -3.88. The molecule has 1 fully saturated rings. The Morgan fingerprint density at radius 2 is 1.92 bits per heavy atom. The molecule has 0 spiro atoms. The fourth-order valence-electron chi connectivity index (χ4n) is 4.63. The average molecular weight is 492 g/mol. The molecular formula is C27H30FN5O3. The molecule has 0 aliphatic carbocycles. The molecule has 1 aliphatic rings. The normalized spacial score (nSPS) is 16.1. The third kappa shape index (κ3) is 4.65. The third-order valence-electron chi connectivity index (χ3n) is 6.19. The van der Waals surface area contributed by atoms with Crippen LogP contribution in [0.5, 0.6) is 5.75 Å². The average Bonchev–Trinajstić information content (AvgIpc) is 3.43. The minimum absolute atomic E-state index is 0.00723. The number of benzene rings is 1. The standard InChI is InChI=1S/C27H30FN5O3/c1-15-12-16-13-18(25(35-5)23(28)24(16)29-15)19-6-7-21-20(31-19)8-9-22(32-21)33-11-10-17(14-33)30-26(34)36-27(2,3)4/h6-9,12-13,17,29H,10-11,14H2,1-5H3,(H,30,34). The molecule has 2 N–H and O–H groups in total. The number of pyridine rings is 2. The second-order valence-corrected chi connectivity index (χ2v) is 10.2. The van der Waals surface area contributed by atoms with E-state index in [0.29, 0.717) is 28.8 Å². The first-order chi connectivity index (χ1) is 17.1. The van der Waals surface area contributed by atoms with Crippen molar-refractivity contribution < 1.29 is 18.7 Å². The first-order valence-electron chi connectivity index (χ1n) is 12.0. The zero-order valence-corrected chi connectivity index (χ0v) is 21.1. The van der Waals surface area contributed by atoms with E-state index >= 15 is 4.39 Å². The minimum Gasteiger partial charge on any atom is -0.493 e. The van der Waals surface area contributed by atoms with Gasteiger partial charge in [-0.2, -0.15) is 0 Å². The number of fused-ring (bicyclic) bond motifs is 2. The molecule has 8 nitrogen and oxygen atoms in total. The molecule has 3 aromatic heterocycles. The lowest BCUT2D eigenvalue weighted by Gasteiger charge is -2.22. The summed E-state index contributed by atoms with van der Waals surface area (Å²) in [4.78, 5) is 26.8. The molecule has 1 saturated heterocycles. The second kappa shape index (κ2) is 8.96. The summed E-state index contributed by atoms with van der Waals surface area (Å²) >= 11 is 0. The van der Waals surface area contributed by atoms with Crippen molar-refractivity contribution in [3.63, 3.8) is 0 Å². The van der Waals surface area contributed by atoms with Crippen LogP contribution in [0.3, 0.4) is 0 Å². The van der Waals surface area contributed by atoms with Gasteiger partial charge in [-0.15, -0.1) is 0 Å². The largest absolute Gasteiger partial charge is 0.493 e. The summed E-state index contributed by atoms with van der Waals surface area (Å²) in [6.45, 7) is 8.85. The van der Waals surface area contributed by atoms with Crippen LogP contribution >= 0.6 is 0 Å². The van der Waals surface area contributed by atoms with Gasteiger partial charge in [0.25, 0.3) is 0 Å². The molecule has 4 heterocycles. The number of rotatable bonds is 4. The van der Waals surface area contributed by atoms with E-state index < -0.39 is 17.5 Å². The maximum atomic E-state index is 15.1. The number of alkyl carbamates (subject to hydrolysis) is 1. The number of halogens is 1. The molecular weight excluding hydrogens is 461 g/mol. The molecule has 188 valence electrons. The van der Waals surface area contributed by atoms with E-state index in [1.165, 1.54) is 7.11 Å². The molecule has 1 aromatic carbocycles. The Morgan fingerprint density at radius 1 is 1.17 bits per heavy atom. The topological polar surface area (TPSA) is 92.4 Å². The summed E-state index contributed by atoms with van der Waals surface area (Å²) in [5.41, 5.74) is 3.39. The van der Waals surface area contributed by atoms with Crippen molar-refractivity contribution in [3.8, 4) is 17.0 Å². The van der Waals surface area contributed by atoms with E-state index in [1.807, 2.05) is 64.1 Å². The fraction of sp³-hybridized carbons (Fsp3) is 0.370. The van der Waals surface area contributed by atoms with Crippen LogP contribution in [0, 0.1) is 12.7 Å². The van der Waals surface area contributed by atoms with Crippen LogP contribution in [-0.2, 0) is 4.74 Å². The van der Waals surface area contributed by atoms with Crippen molar-refractivity contribution >= 4 is 33.8 Å². The summed E-state index contributed by atoms with van der Waals surface area (Å²) < 4.78 is 25.9. The molecule has 0 bridgehead atoms. The number of aryl methyl sites for hydroxylation is 1. The molecule has 36 heavy (non-hydrogen) atoms. The van der Waals surface area contributed by atoms with Gasteiger partial charge in [-0.3, -0.25) is 0 Å². The number of amides is 1. The van der Waals surface area contributed by atoms with Gasteiger partial charge in [0.05, 0.1) is 35.4 Å². The predicted molar refractivity (Wildman–Crippen MR) is 138 cm³/mol. The van der Waals surface area contributed by atoms with Crippen LogP contribution < -0.4 is 15.0 Å². The Labute approximate surface area is 208 Å². The van der Waals surface area contributed by atoms with E-state index in [9.17, 15) is 4.79 Å².